The van der Waals surface area contributed by atoms with Crippen molar-refractivity contribution in [3.63, 3.8) is 0 Å². The van der Waals surface area contributed by atoms with Crippen LogP contribution in [0, 0.1) is 0 Å². The Morgan fingerprint density at radius 1 is 1.07 bits per heavy atom. The molecule has 1 unspecified atom stereocenters. The summed E-state index contributed by atoms with van der Waals surface area (Å²) in [7, 11) is 3.29. The van der Waals surface area contributed by atoms with E-state index in [0.29, 0.717) is 0 Å². The average molecular weight is 365 g/mol. The molecule has 3 aromatic rings. The van der Waals surface area contributed by atoms with Crippen molar-refractivity contribution in [1.29, 1.82) is 0 Å². The van der Waals surface area contributed by atoms with Gasteiger partial charge in [-0.3, -0.25) is 0 Å². The summed E-state index contributed by atoms with van der Waals surface area (Å²) in [5, 5.41) is 7.15. The number of carbonyl (C=O) groups is 1. The van der Waals surface area contributed by atoms with Crippen LogP contribution in [0.2, 0.25) is 0 Å². The standard InChI is InChI=1S/C21H23N3O3/c1-26-14-8-6-13(7-9-14)22-21(25)24-19-5-3-4-16-17-12-15(27-2)10-11-18(17)23-20(16)19/h6-12,19,23H,3-5H2,1-2H3,(H2,22,24,25). The van der Waals surface area contributed by atoms with E-state index in [-0.39, 0.29) is 12.1 Å². The summed E-state index contributed by atoms with van der Waals surface area (Å²) >= 11 is 0. The van der Waals surface area contributed by atoms with E-state index in [4.69, 9.17) is 9.47 Å². The van der Waals surface area contributed by atoms with Gasteiger partial charge in [-0.2, -0.15) is 0 Å². The molecule has 0 radical (unpaired) electrons. The highest BCUT2D eigenvalue weighted by Crippen LogP contribution is 2.36. The zero-order valence-corrected chi connectivity index (χ0v) is 15.5. The zero-order chi connectivity index (χ0) is 18.8. The molecule has 27 heavy (non-hydrogen) atoms. The number of rotatable bonds is 4. The molecule has 3 N–H and O–H groups in total. The fourth-order valence-corrected chi connectivity index (χ4v) is 3.71. The van der Waals surface area contributed by atoms with E-state index in [1.807, 2.05) is 36.4 Å². The molecule has 140 valence electrons. The Bertz CT molecular complexity index is 963. The first-order chi connectivity index (χ1) is 13.2. The zero-order valence-electron chi connectivity index (χ0n) is 15.5. The summed E-state index contributed by atoms with van der Waals surface area (Å²) in [6.45, 7) is 0. The van der Waals surface area contributed by atoms with Gasteiger partial charge in [-0.15, -0.1) is 0 Å². The number of ether oxygens (including phenoxy) is 2. The van der Waals surface area contributed by atoms with E-state index in [2.05, 4.69) is 21.7 Å². The summed E-state index contributed by atoms with van der Waals surface area (Å²) in [6.07, 6.45) is 2.94. The molecule has 1 aliphatic carbocycles. The van der Waals surface area contributed by atoms with E-state index in [9.17, 15) is 4.79 Å². The lowest BCUT2D eigenvalue weighted by Crippen LogP contribution is -2.34. The molecule has 1 heterocycles. The van der Waals surface area contributed by atoms with E-state index < -0.39 is 0 Å². The molecule has 1 aromatic heterocycles. The van der Waals surface area contributed by atoms with Gasteiger partial charge in [0.15, 0.2) is 0 Å². The van der Waals surface area contributed by atoms with Crippen molar-refractivity contribution in [3.05, 3.63) is 53.7 Å². The maximum atomic E-state index is 12.5. The van der Waals surface area contributed by atoms with Crippen LogP contribution >= 0.6 is 0 Å². The smallest absolute Gasteiger partial charge is 0.319 e. The van der Waals surface area contributed by atoms with Gasteiger partial charge in [0.1, 0.15) is 11.5 Å². The molecule has 0 bridgehead atoms. The number of urea groups is 1. The lowest BCUT2D eigenvalue weighted by atomic mass is 9.92. The molecule has 1 atom stereocenters. The normalized spacial score (nSPS) is 15.9. The van der Waals surface area contributed by atoms with Crippen LogP contribution in [0.15, 0.2) is 42.5 Å². The Kier molecular flexibility index (Phi) is 4.62. The molecule has 0 fully saturated rings. The predicted molar refractivity (Wildman–Crippen MR) is 106 cm³/mol. The summed E-state index contributed by atoms with van der Waals surface area (Å²) in [6, 6.07) is 13.1. The first-order valence-corrected chi connectivity index (χ1v) is 9.08. The second-order valence-corrected chi connectivity index (χ2v) is 6.70. The van der Waals surface area contributed by atoms with Gasteiger partial charge in [-0.1, -0.05) is 0 Å². The van der Waals surface area contributed by atoms with Crippen molar-refractivity contribution in [1.82, 2.24) is 10.3 Å². The number of fused-ring (bicyclic) bond motifs is 3. The highest BCUT2D eigenvalue weighted by atomic mass is 16.5. The summed E-state index contributed by atoms with van der Waals surface area (Å²) in [4.78, 5) is 16.0. The number of hydrogen-bond acceptors (Lipinski definition) is 3. The Morgan fingerprint density at radius 2 is 1.81 bits per heavy atom. The van der Waals surface area contributed by atoms with E-state index in [0.717, 1.165) is 47.7 Å². The van der Waals surface area contributed by atoms with E-state index >= 15 is 0 Å². The molecule has 2 aromatic carbocycles. The minimum absolute atomic E-state index is 0.0367. The Labute approximate surface area is 157 Å². The third-order valence-corrected chi connectivity index (χ3v) is 5.07. The van der Waals surface area contributed by atoms with Crippen molar-refractivity contribution < 1.29 is 14.3 Å². The first-order valence-electron chi connectivity index (χ1n) is 9.08. The fourth-order valence-electron chi connectivity index (χ4n) is 3.71. The topological polar surface area (TPSA) is 75.4 Å². The Balaban J connectivity index is 1.52. The van der Waals surface area contributed by atoms with Gasteiger partial charge < -0.3 is 25.1 Å². The number of carbonyl (C=O) groups excluding carboxylic acids is 1. The predicted octanol–water partition coefficient (Wildman–Crippen LogP) is 4.38. The van der Waals surface area contributed by atoms with Gasteiger partial charge in [-0.25, -0.2) is 4.79 Å². The molecule has 0 saturated heterocycles. The van der Waals surface area contributed by atoms with Gasteiger partial charge in [0.25, 0.3) is 0 Å². The van der Waals surface area contributed by atoms with Gasteiger partial charge >= 0.3 is 6.03 Å². The molecular formula is C21H23N3O3. The van der Waals surface area contributed by atoms with Crippen LogP contribution in [-0.4, -0.2) is 25.2 Å². The monoisotopic (exact) mass is 365 g/mol. The van der Waals surface area contributed by atoms with Crippen molar-refractivity contribution in [2.24, 2.45) is 0 Å². The number of methoxy groups -OCH3 is 2. The third-order valence-electron chi connectivity index (χ3n) is 5.07. The molecule has 4 rings (SSSR count). The summed E-state index contributed by atoms with van der Waals surface area (Å²) in [5.74, 6) is 1.60. The quantitative estimate of drug-likeness (QED) is 0.642. The van der Waals surface area contributed by atoms with Gasteiger partial charge in [0.2, 0.25) is 0 Å². The molecule has 0 saturated carbocycles. The lowest BCUT2D eigenvalue weighted by molar-refractivity contribution is 0.247. The van der Waals surface area contributed by atoms with E-state index in [1.54, 1.807) is 14.2 Å². The van der Waals surface area contributed by atoms with Gasteiger partial charge in [0, 0.05) is 22.3 Å². The van der Waals surface area contributed by atoms with Crippen molar-refractivity contribution >= 4 is 22.6 Å². The minimum atomic E-state index is -0.214. The number of H-pyrrole nitrogens is 1. The van der Waals surface area contributed by atoms with Crippen LogP contribution in [-0.2, 0) is 6.42 Å². The van der Waals surface area contributed by atoms with Crippen LogP contribution in [0.3, 0.4) is 0 Å². The molecule has 2 amide bonds. The Morgan fingerprint density at radius 3 is 2.56 bits per heavy atom. The number of aromatic nitrogens is 1. The Hall–Kier alpha value is -3.15. The van der Waals surface area contributed by atoms with Crippen molar-refractivity contribution in [2.75, 3.05) is 19.5 Å². The number of anilines is 1. The summed E-state index contributed by atoms with van der Waals surface area (Å²) in [5.41, 5.74) is 4.16. The number of amides is 2. The maximum absolute atomic E-state index is 12.5. The van der Waals surface area contributed by atoms with Gasteiger partial charge in [-0.05, 0) is 67.3 Å². The fraction of sp³-hybridized carbons (Fsp3) is 0.286. The van der Waals surface area contributed by atoms with Crippen LogP contribution in [0.5, 0.6) is 11.5 Å². The maximum Gasteiger partial charge on any atom is 0.319 e. The van der Waals surface area contributed by atoms with Crippen LogP contribution in [0.4, 0.5) is 10.5 Å². The number of hydrogen-bond donors (Lipinski definition) is 3. The molecule has 6 heteroatoms. The number of benzene rings is 2. The van der Waals surface area contributed by atoms with Crippen LogP contribution in [0.25, 0.3) is 10.9 Å². The second-order valence-electron chi connectivity index (χ2n) is 6.70. The van der Waals surface area contributed by atoms with Crippen molar-refractivity contribution in [2.45, 2.75) is 25.3 Å². The average Bonchev–Trinajstić information content (AvgIpc) is 3.07. The van der Waals surface area contributed by atoms with Crippen LogP contribution < -0.4 is 20.1 Å². The minimum Gasteiger partial charge on any atom is -0.497 e. The molecule has 1 aliphatic rings. The number of nitrogens with one attached hydrogen (secondary N) is 3. The highest BCUT2D eigenvalue weighted by molar-refractivity contribution is 5.90. The largest absolute Gasteiger partial charge is 0.497 e. The molecule has 0 spiro atoms. The molecular weight excluding hydrogens is 342 g/mol. The van der Waals surface area contributed by atoms with Gasteiger partial charge in [0.05, 0.1) is 20.3 Å². The molecule has 0 aliphatic heterocycles. The highest BCUT2D eigenvalue weighted by Gasteiger charge is 2.25. The van der Waals surface area contributed by atoms with E-state index in [1.165, 1.54) is 10.9 Å². The SMILES string of the molecule is COc1ccc(NC(=O)NC2CCCc3c2[nH]c2ccc(OC)cc32)cc1. The third kappa shape index (κ3) is 3.43. The van der Waals surface area contributed by atoms with Crippen LogP contribution in [0.1, 0.15) is 30.1 Å². The number of aryl methyl sites for hydroxylation is 1. The first kappa shape index (κ1) is 17.3. The number of aromatic amines is 1. The summed E-state index contributed by atoms with van der Waals surface area (Å²) < 4.78 is 10.5. The molecule has 6 nitrogen and oxygen atoms in total. The van der Waals surface area contributed by atoms with Crippen molar-refractivity contribution in [3.8, 4) is 11.5 Å². The second kappa shape index (κ2) is 7.23. The lowest BCUT2D eigenvalue weighted by Gasteiger charge is -2.24.